The number of anilines is 1. The summed E-state index contributed by atoms with van der Waals surface area (Å²) >= 11 is 1.83. The summed E-state index contributed by atoms with van der Waals surface area (Å²) in [5.41, 5.74) is 3.86. The van der Waals surface area contributed by atoms with Gasteiger partial charge in [-0.1, -0.05) is 88.3 Å². The summed E-state index contributed by atoms with van der Waals surface area (Å²) in [5.74, 6) is 1.16. The molecule has 3 heteroatoms. The number of hydrogen-bond acceptors (Lipinski definition) is 2. The van der Waals surface area contributed by atoms with Gasteiger partial charge in [-0.2, -0.15) is 0 Å². The number of H-pyrrole nitrogens is 1. The Hall–Kier alpha value is -2.26. The number of aromatic nitrogens is 1. The molecule has 4 aromatic rings. The molecule has 2 heterocycles. The summed E-state index contributed by atoms with van der Waals surface area (Å²) in [7, 11) is 0. The van der Waals surface area contributed by atoms with E-state index in [-0.39, 0.29) is 0 Å². The van der Waals surface area contributed by atoms with Gasteiger partial charge in [0.25, 0.3) is 0 Å². The Labute approximate surface area is 178 Å². The van der Waals surface area contributed by atoms with Gasteiger partial charge in [-0.05, 0) is 23.9 Å². The maximum atomic E-state index is 3.72. The van der Waals surface area contributed by atoms with Crippen LogP contribution in [0.25, 0.3) is 32.1 Å². The van der Waals surface area contributed by atoms with E-state index in [1.54, 1.807) is 0 Å². The second-order valence-corrected chi connectivity index (χ2v) is 8.88. The molecule has 0 spiro atoms. The van der Waals surface area contributed by atoms with Crippen LogP contribution in [-0.4, -0.2) is 11.5 Å². The van der Waals surface area contributed by atoms with E-state index in [9.17, 15) is 0 Å². The Balaban J connectivity index is 1.45. The Bertz CT molecular complexity index is 1040. The van der Waals surface area contributed by atoms with E-state index in [1.807, 2.05) is 11.3 Å². The summed E-state index contributed by atoms with van der Waals surface area (Å²) < 4.78 is 1.35. The summed E-state index contributed by atoms with van der Waals surface area (Å²) in [6.45, 7) is 3.31. The molecule has 0 radical (unpaired) electrons. The molecular weight excluding hydrogens is 372 g/mol. The number of unbranched alkanes of at least 4 members (excludes halogenated alkanes) is 7. The zero-order valence-corrected chi connectivity index (χ0v) is 18.3. The normalized spacial score (nSPS) is 11.5. The summed E-state index contributed by atoms with van der Waals surface area (Å²) in [4.78, 5) is 3.64. The molecule has 2 nitrogen and oxygen atoms in total. The first-order chi connectivity index (χ1) is 14.4. The van der Waals surface area contributed by atoms with Crippen molar-refractivity contribution in [3.63, 3.8) is 0 Å². The number of para-hydroxylation sites is 1. The lowest BCUT2D eigenvalue weighted by Crippen LogP contribution is -2.02. The highest BCUT2D eigenvalue weighted by molar-refractivity contribution is 7.17. The molecule has 0 aliphatic rings. The van der Waals surface area contributed by atoms with Crippen LogP contribution >= 0.6 is 11.3 Å². The summed E-state index contributed by atoms with van der Waals surface area (Å²) in [6, 6.07) is 17.4. The van der Waals surface area contributed by atoms with E-state index in [4.69, 9.17) is 0 Å². The minimum atomic E-state index is 1.02. The highest BCUT2D eigenvalue weighted by Gasteiger charge is 2.16. The van der Waals surface area contributed by atoms with Crippen LogP contribution in [0.1, 0.15) is 58.3 Å². The maximum Gasteiger partial charge on any atom is 0.112 e. The number of nitrogens with one attached hydrogen (secondary N) is 2. The molecule has 2 aromatic carbocycles. The van der Waals surface area contributed by atoms with E-state index in [2.05, 4.69) is 71.1 Å². The van der Waals surface area contributed by atoms with E-state index in [1.165, 1.54) is 83.5 Å². The van der Waals surface area contributed by atoms with Gasteiger partial charge in [-0.3, -0.25) is 0 Å². The monoisotopic (exact) mass is 404 g/mol. The van der Waals surface area contributed by atoms with Crippen LogP contribution in [0, 0.1) is 0 Å². The van der Waals surface area contributed by atoms with E-state index >= 15 is 0 Å². The highest BCUT2D eigenvalue weighted by atomic mass is 32.1. The number of hydrogen-bond donors (Lipinski definition) is 2. The van der Waals surface area contributed by atoms with Gasteiger partial charge in [0.1, 0.15) is 5.82 Å². The van der Waals surface area contributed by atoms with Crippen molar-refractivity contribution in [2.45, 2.75) is 58.3 Å². The molecule has 0 saturated carbocycles. The largest absolute Gasteiger partial charge is 0.371 e. The molecule has 0 aliphatic carbocycles. The summed E-state index contributed by atoms with van der Waals surface area (Å²) in [5, 5.41) is 8.67. The smallest absolute Gasteiger partial charge is 0.112 e. The van der Waals surface area contributed by atoms with Gasteiger partial charge in [0.05, 0.1) is 0 Å². The molecule has 4 rings (SSSR count). The predicted molar refractivity (Wildman–Crippen MR) is 130 cm³/mol. The molecule has 2 N–H and O–H groups in total. The van der Waals surface area contributed by atoms with Gasteiger partial charge in [-0.15, -0.1) is 11.3 Å². The van der Waals surface area contributed by atoms with E-state index in [0.29, 0.717) is 0 Å². The van der Waals surface area contributed by atoms with Gasteiger partial charge in [0.2, 0.25) is 0 Å². The zero-order valence-electron chi connectivity index (χ0n) is 17.5. The van der Waals surface area contributed by atoms with Crippen molar-refractivity contribution in [2.24, 2.45) is 0 Å². The fourth-order valence-electron chi connectivity index (χ4n) is 4.20. The molecule has 29 heavy (non-hydrogen) atoms. The van der Waals surface area contributed by atoms with Crippen molar-refractivity contribution in [1.29, 1.82) is 0 Å². The Morgan fingerprint density at radius 1 is 0.793 bits per heavy atom. The van der Waals surface area contributed by atoms with Crippen LogP contribution in [0.15, 0.2) is 53.9 Å². The third kappa shape index (κ3) is 4.67. The van der Waals surface area contributed by atoms with Crippen LogP contribution < -0.4 is 5.32 Å². The molecule has 2 aromatic heterocycles. The van der Waals surface area contributed by atoms with Crippen LogP contribution in [0.2, 0.25) is 0 Å². The Kier molecular flexibility index (Phi) is 6.89. The first-order valence-electron chi connectivity index (χ1n) is 11.2. The SMILES string of the molecule is CCCCCCCCCCNc1[nH]c2ccccc2c1-c1csc2ccccc12. The third-order valence-electron chi connectivity index (χ3n) is 5.79. The quantitative estimate of drug-likeness (QED) is 0.241. The van der Waals surface area contributed by atoms with Crippen LogP contribution in [0.3, 0.4) is 0 Å². The van der Waals surface area contributed by atoms with Crippen LogP contribution in [0.5, 0.6) is 0 Å². The minimum absolute atomic E-state index is 1.02. The average molecular weight is 405 g/mol. The third-order valence-corrected chi connectivity index (χ3v) is 6.75. The highest BCUT2D eigenvalue weighted by Crippen LogP contribution is 2.41. The van der Waals surface area contributed by atoms with Gasteiger partial charge < -0.3 is 10.3 Å². The second-order valence-electron chi connectivity index (χ2n) is 7.97. The predicted octanol–water partition coefficient (Wildman–Crippen LogP) is 8.60. The number of fused-ring (bicyclic) bond motifs is 2. The van der Waals surface area contributed by atoms with Gasteiger partial charge >= 0.3 is 0 Å². The summed E-state index contributed by atoms with van der Waals surface area (Å²) in [6.07, 6.45) is 10.8. The fraction of sp³-hybridized carbons (Fsp3) is 0.385. The number of aromatic amines is 1. The van der Waals surface area contributed by atoms with Crippen molar-refractivity contribution in [3.05, 3.63) is 53.9 Å². The lowest BCUT2D eigenvalue weighted by molar-refractivity contribution is 0.581. The molecular formula is C26H32N2S. The van der Waals surface area contributed by atoms with Crippen LogP contribution in [0.4, 0.5) is 5.82 Å². The first-order valence-corrected chi connectivity index (χ1v) is 12.1. The molecule has 0 unspecified atom stereocenters. The van der Waals surface area contributed by atoms with Gasteiger partial charge in [0, 0.05) is 38.7 Å². The second kappa shape index (κ2) is 9.98. The van der Waals surface area contributed by atoms with Crippen molar-refractivity contribution in [2.75, 3.05) is 11.9 Å². The number of rotatable bonds is 11. The molecule has 152 valence electrons. The number of thiophene rings is 1. The van der Waals surface area contributed by atoms with Crippen LogP contribution in [-0.2, 0) is 0 Å². The minimum Gasteiger partial charge on any atom is -0.371 e. The zero-order chi connectivity index (χ0) is 19.9. The van der Waals surface area contributed by atoms with Crippen molar-refractivity contribution in [1.82, 2.24) is 4.98 Å². The molecule has 0 fully saturated rings. The molecule has 0 bridgehead atoms. The fourth-order valence-corrected chi connectivity index (χ4v) is 5.15. The lowest BCUT2D eigenvalue weighted by Gasteiger charge is -2.08. The molecule has 0 atom stereocenters. The van der Waals surface area contributed by atoms with Gasteiger partial charge in [0.15, 0.2) is 0 Å². The number of benzene rings is 2. The van der Waals surface area contributed by atoms with E-state index in [0.717, 1.165) is 12.4 Å². The standard InChI is InChI=1S/C26H32N2S/c1-2-3-4-5-6-7-8-13-18-27-26-25(21-15-9-11-16-23(21)28-26)22-19-29-24-17-12-10-14-20(22)24/h9-12,14-17,19,27-28H,2-8,13,18H2,1H3. The molecule has 0 aliphatic heterocycles. The lowest BCUT2D eigenvalue weighted by atomic mass is 10.0. The van der Waals surface area contributed by atoms with Gasteiger partial charge in [-0.25, -0.2) is 0 Å². The Morgan fingerprint density at radius 3 is 2.31 bits per heavy atom. The molecule has 0 amide bonds. The van der Waals surface area contributed by atoms with Crippen molar-refractivity contribution < 1.29 is 0 Å². The maximum absolute atomic E-state index is 3.72. The van der Waals surface area contributed by atoms with E-state index < -0.39 is 0 Å². The van der Waals surface area contributed by atoms with Crippen molar-refractivity contribution in [3.8, 4) is 11.1 Å². The topological polar surface area (TPSA) is 27.8 Å². The first kappa shape index (κ1) is 20.0. The Morgan fingerprint density at radius 2 is 1.48 bits per heavy atom. The molecule has 0 saturated heterocycles. The average Bonchev–Trinajstić information content (AvgIpc) is 3.33. The van der Waals surface area contributed by atoms with Crippen molar-refractivity contribution >= 4 is 38.1 Å².